The maximum Gasteiger partial charge on any atom is 0.410 e. The molecule has 0 aromatic heterocycles. The van der Waals surface area contributed by atoms with Crippen LogP contribution in [0.5, 0.6) is 0 Å². The number of carbonyl (C=O) groups is 1. The Balaban J connectivity index is 2.71. The fraction of sp³-hybridized carbons (Fsp3) is 0.900. The Bertz CT molecular complexity index is 215. The molecule has 14 heavy (non-hydrogen) atoms. The molecule has 1 N–H and O–H groups in total. The van der Waals surface area contributed by atoms with E-state index in [0.29, 0.717) is 13.2 Å². The first-order chi connectivity index (χ1) is 6.50. The summed E-state index contributed by atoms with van der Waals surface area (Å²) in [6.45, 7) is 6.57. The van der Waals surface area contributed by atoms with Gasteiger partial charge in [0.2, 0.25) is 0 Å². The first kappa shape index (κ1) is 11.3. The van der Waals surface area contributed by atoms with Gasteiger partial charge in [0.15, 0.2) is 0 Å². The molecule has 1 aliphatic rings. The van der Waals surface area contributed by atoms with Crippen LogP contribution in [0.3, 0.4) is 0 Å². The molecule has 1 heterocycles. The van der Waals surface area contributed by atoms with Crippen LogP contribution in [0, 0.1) is 0 Å². The quantitative estimate of drug-likeness (QED) is 0.697. The summed E-state index contributed by atoms with van der Waals surface area (Å²) in [6.07, 6.45) is 0.809. The maximum absolute atomic E-state index is 11.6. The molecule has 0 bridgehead atoms. The molecule has 1 atom stereocenters. The maximum atomic E-state index is 11.6. The third-order valence-electron chi connectivity index (χ3n) is 2.86. The highest BCUT2D eigenvalue weighted by molar-refractivity contribution is 5.68. The molecule has 1 amide bonds. The van der Waals surface area contributed by atoms with Crippen molar-refractivity contribution in [3.05, 3.63) is 0 Å². The van der Waals surface area contributed by atoms with Gasteiger partial charge in [-0.1, -0.05) is 0 Å². The smallest absolute Gasteiger partial charge is 0.410 e. The Kier molecular flexibility index (Phi) is 3.37. The molecule has 4 heteroatoms. The van der Waals surface area contributed by atoms with Crippen molar-refractivity contribution >= 4 is 6.09 Å². The predicted molar refractivity (Wildman–Crippen MR) is 53.0 cm³/mol. The molecule has 0 aliphatic carbocycles. The molecule has 0 aromatic carbocycles. The molecule has 0 saturated carbocycles. The number of aliphatic hydroxyl groups is 1. The van der Waals surface area contributed by atoms with Crippen molar-refractivity contribution in [1.29, 1.82) is 0 Å². The summed E-state index contributed by atoms with van der Waals surface area (Å²) in [4.78, 5) is 13.2. The minimum absolute atomic E-state index is 0.323. The van der Waals surface area contributed by atoms with Crippen LogP contribution in [0.15, 0.2) is 0 Å². The van der Waals surface area contributed by atoms with E-state index in [4.69, 9.17) is 4.74 Å². The van der Waals surface area contributed by atoms with E-state index in [1.807, 2.05) is 13.8 Å². The molecule has 1 aliphatic heterocycles. The van der Waals surface area contributed by atoms with Crippen molar-refractivity contribution in [2.75, 3.05) is 13.2 Å². The highest BCUT2D eigenvalue weighted by Gasteiger charge is 2.40. The Morgan fingerprint density at radius 3 is 2.86 bits per heavy atom. The third-order valence-corrected chi connectivity index (χ3v) is 2.86. The lowest BCUT2D eigenvalue weighted by atomic mass is 9.88. The monoisotopic (exact) mass is 201 g/mol. The van der Waals surface area contributed by atoms with Crippen LogP contribution in [0.4, 0.5) is 4.79 Å². The molecular weight excluding hydrogens is 182 g/mol. The van der Waals surface area contributed by atoms with E-state index in [2.05, 4.69) is 0 Å². The molecule has 4 nitrogen and oxygen atoms in total. The van der Waals surface area contributed by atoms with Crippen LogP contribution < -0.4 is 0 Å². The minimum Gasteiger partial charge on any atom is -0.450 e. The van der Waals surface area contributed by atoms with Crippen molar-refractivity contribution < 1.29 is 14.6 Å². The minimum atomic E-state index is -0.509. The predicted octanol–water partition coefficient (Wildman–Crippen LogP) is 1.38. The average molecular weight is 201 g/mol. The molecule has 0 radical (unpaired) electrons. The van der Waals surface area contributed by atoms with E-state index >= 15 is 0 Å². The van der Waals surface area contributed by atoms with Gasteiger partial charge in [-0.2, -0.15) is 0 Å². The lowest BCUT2D eigenvalue weighted by Crippen LogP contribution is -2.58. The van der Waals surface area contributed by atoms with E-state index in [1.165, 1.54) is 0 Å². The zero-order valence-corrected chi connectivity index (χ0v) is 9.12. The van der Waals surface area contributed by atoms with E-state index < -0.39 is 11.6 Å². The molecule has 82 valence electrons. The van der Waals surface area contributed by atoms with Crippen molar-refractivity contribution in [3.63, 3.8) is 0 Å². The summed E-state index contributed by atoms with van der Waals surface area (Å²) in [5, 5.41) is 9.78. The Morgan fingerprint density at radius 1 is 1.64 bits per heavy atom. The van der Waals surface area contributed by atoms with Gasteiger partial charge in [0.25, 0.3) is 0 Å². The van der Waals surface area contributed by atoms with Crippen molar-refractivity contribution in [2.24, 2.45) is 0 Å². The van der Waals surface area contributed by atoms with Crippen LogP contribution in [0.2, 0.25) is 0 Å². The van der Waals surface area contributed by atoms with E-state index in [-0.39, 0.29) is 6.09 Å². The number of nitrogens with zero attached hydrogens (tertiary/aromatic N) is 1. The number of hydrogen-bond acceptors (Lipinski definition) is 3. The fourth-order valence-electron chi connectivity index (χ4n) is 1.79. The second-order valence-electron chi connectivity index (χ2n) is 4.16. The second kappa shape index (κ2) is 4.17. The number of rotatable bonds is 1. The van der Waals surface area contributed by atoms with Gasteiger partial charge in [0.1, 0.15) is 0 Å². The molecular formula is C10H19NO3. The molecule has 1 fully saturated rings. The first-order valence-corrected chi connectivity index (χ1v) is 5.12. The van der Waals surface area contributed by atoms with Gasteiger partial charge in [-0.3, -0.25) is 0 Å². The van der Waals surface area contributed by atoms with Gasteiger partial charge < -0.3 is 14.7 Å². The highest BCUT2D eigenvalue weighted by Crippen LogP contribution is 2.28. The summed E-state index contributed by atoms with van der Waals surface area (Å²) >= 11 is 0. The van der Waals surface area contributed by atoms with Crippen molar-refractivity contribution in [1.82, 2.24) is 4.90 Å². The summed E-state index contributed by atoms with van der Waals surface area (Å²) in [5.41, 5.74) is -0.509. The van der Waals surface area contributed by atoms with Crippen LogP contribution in [-0.4, -0.2) is 40.9 Å². The molecule has 1 saturated heterocycles. The van der Waals surface area contributed by atoms with Crippen LogP contribution in [0.25, 0.3) is 0 Å². The van der Waals surface area contributed by atoms with Gasteiger partial charge in [-0.15, -0.1) is 0 Å². The summed E-state index contributed by atoms with van der Waals surface area (Å²) in [6, 6.07) is 0. The Morgan fingerprint density at radius 2 is 2.29 bits per heavy atom. The molecule has 0 spiro atoms. The van der Waals surface area contributed by atoms with Gasteiger partial charge in [0.05, 0.1) is 18.2 Å². The average Bonchev–Trinajstić information content (AvgIpc) is 2.10. The fourth-order valence-corrected chi connectivity index (χ4v) is 1.79. The van der Waals surface area contributed by atoms with E-state index in [9.17, 15) is 9.90 Å². The Hall–Kier alpha value is -0.770. The molecule has 0 aromatic rings. The number of carbonyl (C=O) groups excluding carboxylic acids is 1. The van der Waals surface area contributed by atoms with Gasteiger partial charge in [0, 0.05) is 6.54 Å². The number of ether oxygens (including phenoxy) is 1. The standard InChI is InChI=1S/C10H19NO3/c1-4-14-9(13)11-7-5-6-8(12)10(11,2)3/h8,12H,4-7H2,1-3H3. The van der Waals surface area contributed by atoms with E-state index in [0.717, 1.165) is 12.8 Å². The number of piperidine rings is 1. The second-order valence-corrected chi connectivity index (χ2v) is 4.16. The van der Waals surface area contributed by atoms with Crippen molar-refractivity contribution in [3.8, 4) is 0 Å². The number of likely N-dealkylation sites (tertiary alicyclic amines) is 1. The lowest BCUT2D eigenvalue weighted by molar-refractivity contribution is -0.0385. The van der Waals surface area contributed by atoms with Crippen LogP contribution >= 0.6 is 0 Å². The van der Waals surface area contributed by atoms with Crippen LogP contribution in [0.1, 0.15) is 33.6 Å². The zero-order chi connectivity index (χ0) is 10.8. The van der Waals surface area contributed by atoms with Gasteiger partial charge >= 0.3 is 6.09 Å². The normalized spacial score (nSPS) is 26.0. The van der Waals surface area contributed by atoms with E-state index in [1.54, 1.807) is 11.8 Å². The van der Waals surface area contributed by atoms with Gasteiger partial charge in [-0.05, 0) is 33.6 Å². The Labute approximate surface area is 84.8 Å². The largest absolute Gasteiger partial charge is 0.450 e. The van der Waals surface area contributed by atoms with Crippen LogP contribution in [-0.2, 0) is 4.74 Å². The summed E-state index contributed by atoms with van der Waals surface area (Å²) < 4.78 is 4.94. The summed E-state index contributed by atoms with van der Waals surface area (Å²) in [5.74, 6) is 0. The zero-order valence-electron chi connectivity index (χ0n) is 9.12. The summed E-state index contributed by atoms with van der Waals surface area (Å²) in [7, 11) is 0. The van der Waals surface area contributed by atoms with Crippen molar-refractivity contribution in [2.45, 2.75) is 45.3 Å². The topological polar surface area (TPSA) is 49.8 Å². The number of amides is 1. The SMILES string of the molecule is CCOC(=O)N1CCCC(O)C1(C)C. The van der Waals surface area contributed by atoms with Gasteiger partial charge in [-0.25, -0.2) is 4.79 Å². The number of aliphatic hydroxyl groups excluding tert-OH is 1. The first-order valence-electron chi connectivity index (χ1n) is 5.12. The molecule has 1 unspecified atom stereocenters. The number of hydrogen-bond donors (Lipinski definition) is 1. The molecule has 1 rings (SSSR count). The third kappa shape index (κ3) is 2.00. The lowest BCUT2D eigenvalue weighted by Gasteiger charge is -2.44. The highest BCUT2D eigenvalue weighted by atomic mass is 16.6.